The van der Waals surface area contributed by atoms with Gasteiger partial charge in [-0.1, -0.05) is 29.3 Å². The molecule has 0 aromatic rings. The average molecular weight is 461 g/mol. The Hall–Kier alpha value is -1.19. The third-order valence-corrected chi connectivity index (χ3v) is 6.89. The molecular weight excluding hydrogens is 432 g/mol. The maximum atomic E-state index is 13.2. The van der Waals surface area contributed by atoms with Crippen molar-refractivity contribution in [1.82, 2.24) is 10.2 Å². The second kappa shape index (κ2) is 8.28. The smallest absolute Gasteiger partial charge is 0.312 e. The Labute approximate surface area is 173 Å². The SMILES string of the molecule is CCCC(C)NC(=O)[C@H]1N(CCO)C(=O)[C@@H]2[C@@H](C(=O)OCC)[C@@H]3O[C@@]21CC3Br. The minimum Gasteiger partial charge on any atom is -0.466 e. The van der Waals surface area contributed by atoms with Crippen LogP contribution in [0, 0.1) is 11.8 Å². The van der Waals surface area contributed by atoms with E-state index in [9.17, 15) is 19.5 Å². The van der Waals surface area contributed by atoms with Crippen LogP contribution in [0.15, 0.2) is 0 Å². The number of halogens is 1. The Morgan fingerprint density at radius 3 is 2.79 bits per heavy atom. The zero-order chi connectivity index (χ0) is 20.6. The third-order valence-electron chi connectivity index (χ3n) is 6.05. The number of aliphatic hydroxyl groups is 1. The average Bonchev–Trinajstić information content (AvgIpc) is 3.20. The van der Waals surface area contributed by atoms with E-state index < -0.39 is 35.6 Å². The third kappa shape index (κ3) is 3.25. The van der Waals surface area contributed by atoms with E-state index in [1.165, 1.54) is 4.90 Å². The predicted molar refractivity (Wildman–Crippen MR) is 104 cm³/mol. The lowest BCUT2D eigenvalue weighted by Crippen LogP contribution is -2.57. The van der Waals surface area contributed by atoms with E-state index in [0.717, 1.165) is 12.8 Å². The molecule has 9 heteroatoms. The highest BCUT2D eigenvalue weighted by Crippen LogP contribution is 2.60. The molecule has 0 aromatic carbocycles. The van der Waals surface area contributed by atoms with Gasteiger partial charge in [-0.15, -0.1) is 0 Å². The zero-order valence-corrected chi connectivity index (χ0v) is 18.1. The molecule has 8 nitrogen and oxygen atoms in total. The molecule has 3 aliphatic heterocycles. The maximum absolute atomic E-state index is 13.2. The number of β-amino-alcohol motifs (C(OH)–C–C–N with tert-alkyl or cyclic N) is 1. The first-order valence-corrected chi connectivity index (χ1v) is 10.9. The summed E-state index contributed by atoms with van der Waals surface area (Å²) in [7, 11) is 0. The Morgan fingerprint density at radius 1 is 1.46 bits per heavy atom. The van der Waals surface area contributed by atoms with Crippen LogP contribution in [0.5, 0.6) is 0 Å². The number of amides is 2. The molecule has 0 aromatic heterocycles. The first-order chi connectivity index (χ1) is 13.3. The Bertz CT molecular complexity index is 646. The summed E-state index contributed by atoms with van der Waals surface area (Å²) < 4.78 is 11.5. The molecule has 158 valence electrons. The summed E-state index contributed by atoms with van der Waals surface area (Å²) >= 11 is 3.57. The number of nitrogens with zero attached hydrogens (tertiary/aromatic N) is 1. The lowest BCUT2D eigenvalue weighted by Gasteiger charge is -2.34. The largest absolute Gasteiger partial charge is 0.466 e. The van der Waals surface area contributed by atoms with E-state index in [0.29, 0.717) is 6.42 Å². The molecular formula is C19H29BrN2O6. The minimum absolute atomic E-state index is 0.0217. The molecule has 3 saturated heterocycles. The number of likely N-dealkylation sites (tertiary alicyclic amines) is 1. The summed E-state index contributed by atoms with van der Waals surface area (Å²) in [4.78, 5) is 40.3. The van der Waals surface area contributed by atoms with Crippen LogP contribution in [-0.4, -0.2) is 76.2 Å². The van der Waals surface area contributed by atoms with Gasteiger partial charge in [-0.3, -0.25) is 14.4 Å². The summed E-state index contributed by atoms with van der Waals surface area (Å²) in [5.41, 5.74) is -1.08. The van der Waals surface area contributed by atoms with Gasteiger partial charge < -0.3 is 24.8 Å². The number of fused-ring (bicyclic) bond motifs is 1. The fraction of sp³-hybridized carbons (Fsp3) is 0.842. The van der Waals surface area contributed by atoms with Crippen LogP contribution in [0.3, 0.4) is 0 Å². The van der Waals surface area contributed by atoms with E-state index in [4.69, 9.17) is 9.47 Å². The van der Waals surface area contributed by atoms with Gasteiger partial charge in [-0.2, -0.15) is 0 Å². The number of nitrogens with one attached hydrogen (secondary N) is 1. The van der Waals surface area contributed by atoms with E-state index in [2.05, 4.69) is 21.2 Å². The molecule has 3 rings (SSSR count). The van der Waals surface area contributed by atoms with Crippen molar-refractivity contribution in [2.45, 2.75) is 68.6 Å². The van der Waals surface area contributed by atoms with E-state index in [-0.39, 0.29) is 42.4 Å². The number of ether oxygens (including phenoxy) is 2. The standard InChI is InChI=1S/C19H29BrN2O6/c1-4-6-10(3)21-16(24)15-19-9-11(20)14(28-19)12(18(26)27-5-2)13(19)17(25)22(15)7-8-23/h10-15,23H,4-9H2,1-3H3,(H,21,24)/t10?,11?,12-,13+,14-,15-,19+/m1/s1. The number of aliphatic hydroxyl groups excluding tert-OH is 1. The molecule has 3 fully saturated rings. The molecule has 2 amide bonds. The van der Waals surface area contributed by atoms with E-state index in [1.807, 2.05) is 13.8 Å². The van der Waals surface area contributed by atoms with Crippen LogP contribution in [0.2, 0.25) is 0 Å². The molecule has 3 aliphatic rings. The topological polar surface area (TPSA) is 105 Å². The Kier molecular flexibility index (Phi) is 6.36. The van der Waals surface area contributed by atoms with Crippen LogP contribution >= 0.6 is 15.9 Å². The first kappa shape index (κ1) is 21.5. The highest BCUT2D eigenvalue weighted by Gasteiger charge is 2.76. The molecule has 7 atom stereocenters. The van der Waals surface area contributed by atoms with Crippen LogP contribution in [0.4, 0.5) is 0 Å². The van der Waals surface area contributed by atoms with Gasteiger partial charge in [-0.05, 0) is 26.7 Å². The van der Waals surface area contributed by atoms with Crippen molar-refractivity contribution in [1.29, 1.82) is 0 Å². The monoisotopic (exact) mass is 460 g/mol. The fourth-order valence-corrected chi connectivity index (χ4v) is 6.06. The quantitative estimate of drug-likeness (QED) is 0.405. The Morgan fingerprint density at radius 2 is 2.18 bits per heavy atom. The number of rotatable bonds is 8. The lowest BCUT2D eigenvalue weighted by atomic mass is 9.70. The molecule has 28 heavy (non-hydrogen) atoms. The van der Waals surface area contributed by atoms with Gasteiger partial charge in [0.05, 0.1) is 31.2 Å². The summed E-state index contributed by atoms with van der Waals surface area (Å²) in [6, 6.07) is -0.917. The minimum atomic E-state index is -1.08. The molecule has 2 bridgehead atoms. The summed E-state index contributed by atoms with van der Waals surface area (Å²) in [5.74, 6) is -2.61. The van der Waals surface area contributed by atoms with Crippen molar-refractivity contribution in [2.24, 2.45) is 11.8 Å². The predicted octanol–water partition coefficient (Wildman–Crippen LogP) is 0.595. The highest BCUT2D eigenvalue weighted by atomic mass is 79.9. The van der Waals surface area contributed by atoms with Gasteiger partial charge in [0, 0.05) is 17.4 Å². The molecule has 2 unspecified atom stereocenters. The van der Waals surface area contributed by atoms with Crippen molar-refractivity contribution in [2.75, 3.05) is 19.8 Å². The van der Waals surface area contributed by atoms with Gasteiger partial charge in [0.2, 0.25) is 11.8 Å². The zero-order valence-electron chi connectivity index (χ0n) is 16.5. The molecule has 1 spiro atoms. The van der Waals surface area contributed by atoms with Crippen molar-refractivity contribution >= 4 is 33.7 Å². The second-order valence-electron chi connectivity index (χ2n) is 7.87. The first-order valence-electron chi connectivity index (χ1n) is 10.0. The van der Waals surface area contributed by atoms with Gasteiger partial charge in [0.25, 0.3) is 0 Å². The summed E-state index contributed by atoms with van der Waals surface area (Å²) in [5, 5.41) is 12.5. The molecule has 2 N–H and O–H groups in total. The van der Waals surface area contributed by atoms with Crippen LogP contribution < -0.4 is 5.32 Å². The highest BCUT2D eigenvalue weighted by molar-refractivity contribution is 9.09. The van der Waals surface area contributed by atoms with E-state index >= 15 is 0 Å². The summed E-state index contributed by atoms with van der Waals surface area (Å²) in [6.07, 6.45) is 1.68. The lowest BCUT2D eigenvalue weighted by molar-refractivity contribution is -0.154. The van der Waals surface area contributed by atoms with Crippen LogP contribution in [0.25, 0.3) is 0 Å². The number of esters is 1. The van der Waals surface area contributed by atoms with Gasteiger partial charge in [-0.25, -0.2) is 0 Å². The fourth-order valence-electron chi connectivity index (χ4n) is 5.11. The van der Waals surface area contributed by atoms with Crippen LogP contribution in [-0.2, 0) is 23.9 Å². The van der Waals surface area contributed by atoms with Crippen molar-refractivity contribution in [3.8, 4) is 0 Å². The second-order valence-corrected chi connectivity index (χ2v) is 9.05. The Balaban J connectivity index is 1.96. The van der Waals surface area contributed by atoms with Gasteiger partial charge >= 0.3 is 5.97 Å². The molecule has 0 radical (unpaired) electrons. The van der Waals surface area contributed by atoms with Crippen molar-refractivity contribution in [3.63, 3.8) is 0 Å². The normalized spacial score (nSPS) is 37.1. The number of alkyl halides is 1. The van der Waals surface area contributed by atoms with Crippen molar-refractivity contribution < 1.29 is 29.0 Å². The maximum Gasteiger partial charge on any atom is 0.312 e. The van der Waals surface area contributed by atoms with Gasteiger partial charge in [0.15, 0.2) is 0 Å². The molecule has 0 saturated carbocycles. The molecule has 0 aliphatic carbocycles. The summed E-state index contributed by atoms with van der Waals surface area (Å²) in [6.45, 7) is 5.64. The molecule has 3 heterocycles. The van der Waals surface area contributed by atoms with E-state index in [1.54, 1.807) is 6.92 Å². The number of hydrogen-bond donors (Lipinski definition) is 2. The number of carbonyl (C=O) groups excluding carboxylic acids is 3. The van der Waals surface area contributed by atoms with Crippen LogP contribution in [0.1, 0.15) is 40.0 Å². The van der Waals surface area contributed by atoms with Gasteiger partial charge in [0.1, 0.15) is 11.6 Å². The number of hydrogen-bond acceptors (Lipinski definition) is 6. The number of carbonyl (C=O) groups is 3. The van der Waals surface area contributed by atoms with Crippen molar-refractivity contribution in [3.05, 3.63) is 0 Å².